The Morgan fingerprint density at radius 1 is 0.769 bits per heavy atom. The zero-order valence-corrected chi connectivity index (χ0v) is 29.5. The molecule has 0 spiro atoms. The van der Waals surface area contributed by atoms with E-state index >= 15 is 0 Å². The second-order valence-corrected chi connectivity index (χ2v) is 13.4. The highest BCUT2D eigenvalue weighted by Crippen LogP contribution is 2.33. The molecule has 0 bridgehead atoms. The van der Waals surface area contributed by atoms with E-state index in [2.05, 4.69) is 10.6 Å². The Hall–Kier alpha value is -4.64. The van der Waals surface area contributed by atoms with Crippen molar-refractivity contribution in [3.63, 3.8) is 0 Å². The summed E-state index contributed by atoms with van der Waals surface area (Å²) < 4.78 is 43.6. The predicted octanol–water partition coefficient (Wildman–Crippen LogP) is 4.29. The normalized spacial score (nSPS) is 15.4. The molecular weight excluding hydrogens is 720 g/mol. The summed E-state index contributed by atoms with van der Waals surface area (Å²) in [5.74, 6) is -0.324. The average Bonchev–Trinajstić information content (AvgIpc) is 3.86. The van der Waals surface area contributed by atoms with E-state index in [4.69, 9.17) is 23.9 Å². The second kappa shape index (κ2) is 17.7. The fourth-order valence-corrected chi connectivity index (χ4v) is 6.35. The minimum atomic E-state index is -4.52. The van der Waals surface area contributed by atoms with Crippen LogP contribution < -0.4 is 16.1 Å². The third-order valence-corrected chi connectivity index (χ3v) is 9.47. The minimum Gasteiger partial charge on any atom is -0.459 e. The first-order valence-corrected chi connectivity index (χ1v) is 17.5. The van der Waals surface area contributed by atoms with Crippen molar-refractivity contribution in [2.75, 3.05) is 76.1 Å². The molecule has 6 rings (SSSR count). The number of alkyl halides is 3. The summed E-state index contributed by atoms with van der Waals surface area (Å²) in [5, 5.41) is 7.15. The molecule has 0 saturated carbocycles. The van der Waals surface area contributed by atoms with Gasteiger partial charge in [-0.05, 0) is 53.9 Å². The first-order chi connectivity index (χ1) is 24.9. The van der Waals surface area contributed by atoms with Gasteiger partial charge in [-0.3, -0.25) is 29.0 Å². The Balaban J connectivity index is 0.000000203. The van der Waals surface area contributed by atoms with Crippen LogP contribution >= 0.6 is 22.9 Å². The maximum absolute atomic E-state index is 12.8. The summed E-state index contributed by atoms with van der Waals surface area (Å²) in [7, 11) is 5.62. The number of carbonyl (C=O) groups excluding carboxylic acids is 4. The summed E-state index contributed by atoms with van der Waals surface area (Å²) in [5.41, 5.74) is 0.423. The second-order valence-electron chi connectivity index (χ2n) is 12.0. The number of benzene rings is 2. The maximum Gasteiger partial charge on any atom is 0.416 e. The van der Waals surface area contributed by atoms with Crippen molar-refractivity contribution in [2.45, 2.75) is 6.18 Å². The summed E-state index contributed by atoms with van der Waals surface area (Å²) in [4.78, 5) is 56.8. The van der Waals surface area contributed by atoms with Crippen molar-refractivity contribution in [3.8, 4) is 0 Å². The minimum absolute atomic E-state index is 0.00755. The number of nitrogens with one attached hydrogen (secondary N) is 2. The van der Waals surface area contributed by atoms with Crippen LogP contribution in [0.2, 0.25) is 5.02 Å². The lowest BCUT2D eigenvalue weighted by Crippen LogP contribution is -2.50. The van der Waals surface area contributed by atoms with Crippen LogP contribution in [-0.2, 0) is 15.8 Å². The van der Waals surface area contributed by atoms with Crippen LogP contribution in [0.3, 0.4) is 0 Å². The Bertz CT molecular complexity index is 1810. The van der Waals surface area contributed by atoms with Crippen molar-refractivity contribution in [2.24, 2.45) is 0 Å². The fraction of sp³-hybridized carbons (Fsp3) is 0.314. The smallest absolute Gasteiger partial charge is 0.416 e. The summed E-state index contributed by atoms with van der Waals surface area (Å²) >= 11 is 7.28. The Morgan fingerprint density at radius 3 is 1.90 bits per heavy atom. The number of amides is 4. The SMILES string of the molecule is O=C(CN1CCN(C(=O)c2cccs2)CC1)Nc1cc(C(F)(F)F)ccc1Cl.[B]c1ccc(NC(=O)CN2CCN(C(=O)c3ccco3)CC2)cc1. The number of rotatable bonds is 8. The number of halogens is 4. The molecule has 2 N–H and O–H groups in total. The number of hydrogen-bond donors (Lipinski definition) is 2. The molecule has 0 unspecified atom stereocenters. The van der Waals surface area contributed by atoms with Crippen LogP contribution in [0.25, 0.3) is 0 Å². The predicted molar refractivity (Wildman–Crippen MR) is 193 cm³/mol. The van der Waals surface area contributed by atoms with Gasteiger partial charge in [-0.1, -0.05) is 35.3 Å². The van der Waals surface area contributed by atoms with Crippen LogP contribution in [0.15, 0.2) is 82.8 Å². The number of piperazine rings is 2. The van der Waals surface area contributed by atoms with Crippen molar-refractivity contribution in [1.82, 2.24) is 19.6 Å². The molecule has 52 heavy (non-hydrogen) atoms. The van der Waals surface area contributed by atoms with Crippen LogP contribution in [0, 0.1) is 0 Å². The fourth-order valence-electron chi connectivity index (χ4n) is 5.49. The first kappa shape index (κ1) is 38.6. The first-order valence-electron chi connectivity index (χ1n) is 16.3. The quantitative estimate of drug-likeness (QED) is 0.258. The van der Waals surface area contributed by atoms with Crippen molar-refractivity contribution < 1.29 is 36.8 Å². The molecule has 2 radical (unpaired) electrons. The summed E-state index contributed by atoms with van der Waals surface area (Å²) in [6.45, 7) is 4.73. The molecule has 2 aromatic carbocycles. The Kier molecular flexibility index (Phi) is 13.2. The van der Waals surface area contributed by atoms with E-state index < -0.39 is 17.6 Å². The van der Waals surface area contributed by atoms with Gasteiger partial charge in [0.25, 0.3) is 11.8 Å². The number of anilines is 2. The van der Waals surface area contributed by atoms with Gasteiger partial charge in [0.15, 0.2) is 5.76 Å². The molecule has 0 aliphatic carbocycles. The number of hydrogen-bond acceptors (Lipinski definition) is 8. The molecule has 2 aliphatic heterocycles. The van der Waals surface area contributed by atoms with Gasteiger partial charge in [0, 0.05) is 58.0 Å². The zero-order chi connectivity index (χ0) is 37.3. The Morgan fingerprint density at radius 2 is 1.37 bits per heavy atom. The lowest BCUT2D eigenvalue weighted by Gasteiger charge is -2.34. The highest BCUT2D eigenvalue weighted by molar-refractivity contribution is 7.12. The third-order valence-electron chi connectivity index (χ3n) is 8.28. The van der Waals surface area contributed by atoms with Crippen molar-refractivity contribution in [1.29, 1.82) is 0 Å². The van der Waals surface area contributed by atoms with E-state index in [1.54, 1.807) is 52.3 Å². The molecule has 4 amide bonds. The molecule has 272 valence electrons. The molecular formula is C35H35BClF3N6O5S. The highest BCUT2D eigenvalue weighted by Gasteiger charge is 2.31. The highest BCUT2D eigenvalue weighted by atomic mass is 35.5. The topological polar surface area (TPSA) is 118 Å². The van der Waals surface area contributed by atoms with Gasteiger partial charge in [0.05, 0.1) is 40.5 Å². The van der Waals surface area contributed by atoms with Crippen molar-refractivity contribution in [3.05, 3.63) is 99.6 Å². The zero-order valence-electron chi connectivity index (χ0n) is 27.9. The average molecular weight is 755 g/mol. The van der Waals surface area contributed by atoms with Gasteiger partial charge < -0.3 is 24.9 Å². The number of carbonyl (C=O) groups is 4. The monoisotopic (exact) mass is 754 g/mol. The lowest BCUT2D eigenvalue weighted by molar-refractivity contribution is -0.137. The molecule has 2 aromatic heterocycles. The van der Waals surface area contributed by atoms with E-state index in [0.29, 0.717) is 75.0 Å². The summed E-state index contributed by atoms with van der Waals surface area (Å²) in [6.07, 6.45) is -3.03. The standard InChI is InChI=1S/C18H17ClF3N3O2S.C17H18BN3O3/c19-13-4-3-12(18(20,21)22)10-14(13)23-16(26)11-24-5-7-25(8-6-24)17(27)15-2-1-9-28-15;18-13-3-5-14(6-4-13)19-16(22)12-20-7-9-21(10-8-20)17(23)15-2-1-11-24-15/h1-4,9-10H,5-8,11H2,(H,23,26);1-6,11H,7-10,12H2,(H,19,22). The molecule has 0 atom stereocenters. The van der Waals surface area contributed by atoms with Crippen LogP contribution in [0.5, 0.6) is 0 Å². The van der Waals surface area contributed by atoms with Crippen molar-refractivity contribution >= 4 is 71.3 Å². The molecule has 4 aromatic rings. The van der Waals surface area contributed by atoms with Crippen LogP contribution in [-0.4, -0.2) is 117 Å². The van der Waals surface area contributed by atoms with E-state index in [1.807, 2.05) is 21.2 Å². The number of nitrogens with zero attached hydrogens (tertiary/aromatic N) is 4. The molecule has 17 heteroatoms. The van der Waals surface area contributed by atoms with Gasteiger partial charge in [-0.15, -0.1) is 11.3 Å². The van der Waals surface area contributed by atoms with Gasteiger partial charge in [0.1, 0.15) is 7.85 Å². The molecule has 11 nitrogen and oxygen atoms in total. The largest absolute Gasteiger partial charge is 0.459 e. The van der Waals surface area contributed by atoms with Gasteiger partial charge in [-0.2, -0.15) is 13.2 Å². The van der Waals surface area contributed by atoms with E-state index in [1.165, 1.54) is 17.6 Å². The third kappa shape index (κ3) is 10.9. The Labute approximate surface area is 308 Å². The van der Waals surface area contributed by atoms with E-state index in [9.17, 15) is 32.3 Å². The van der Waals surface area contributed by atoms with E-state index in [0.717, 1.165) is 23.9 Å². The van der Waals surface area contributed by atoms with Crippen LogP contribution in [0.1, 0.15) is 25.8 Å². The van der Waals surface area contributed by atoms with Crippen LogP contribution in [0.4, 0.5) is 24.5 Å². The molecule has 2 saturated heterocycles. The van der Waals surface area contributed by atoms with Gasteiger partial charge in [0.2, 0.25) is 11.8 Å². The van der Waals surface area contributed by atoms with Gasteiger partial charge in [-0.25, -0.2) is 0 Å². The number of thiophene rings is 1. The molecule has 2 aliphatic rings. The summed E-state index contributed by atoms with van der Waals surface area (Å²) in [6, 6.07) is 16.8. The van der Waals surface area contributed by atoms with Gasteiger partial charge >= 0.3 is 6.18 Å². The maximum atomic E-state index is 12.8. The molecule has 2 fully saturated rings. The van der Waals surface area contributed by atoms with E-state index in [-0.39, 0.29) is 35.0 Å². The number of furan rings is 1. The molecule has 4 heterocycles. The lowest BCUT2D eigenvalue weighted by atomic mass is 9.96.